The van der Waals surface area contributed by atoms with Gasteiger partial charge in [0.25, 0.3) is 0 Å². The molecule has 4 aromatic heterocycles. The van der Waals surface area contributed by atoms with Crippen molar-refractivity contribution in [2.75, 3.05) is 0 Å². The number of hydrogen-bond donors (Lipinski definition) is 0. The van der Waals surface area contributed by atoms with Gasteiger partial charge in [-0.05, 0) is 53.6 Å². The van der Waals surface area contributed by atoms with Crippen molar-refractivity contribution in [3.8, 4) is 56.3 Å². The Balaban J connectivity index is 1.01. The number of nitrogens with zero attached hydrogens (tertiary/aromatic N) is 3. The summed E-state index contributed by atoms with van der Waals surface area (Å²) in [6.45, 7) is 0. The molecule has 4 nitrogen and oxygen atoms in total. The highest BCUT2D eigenvalue weighted by Crippen LogP contribution is 2.44. The van der Waals surface area contributed by atoms with Crippen molar-refractivity contribution in [2.24, 2.45) is 0 Å². The van der Waals surface area contributed by atoms with E-state index >= 15 is 0 Å². The predicted molar refractivity (Wildman–Crippen MR) is 242 cm³/mol. The summed E-state index contributed by atoms with van der Waals surface area (Å²) in [4.78, 5) is 15.6. The van der Waals surface area contributed by atoms with Crippen molar-refractivity contribution in [2.45, 2.75) is 0 Å². The van der Waals surface area contributed by atoms with Crippen LogP contribution in [0.5, 0.6) is 0 Å². The molecule has 0 unspecified atom stereocenters. The Kier molecular flexibility index (Phi) is 7.37. The number of pyridine rings is 1. The second kappa shape index (κ2) is 13.1. The lowest BCUT2D eigenvalue weighted by Gasteiger charge is -2.13. The smallest absolute Gasteiger partial charge is 0.164 e. The third kappa shape index (κ3) is 5.25. The van der Waals surface area contributed by atoms with E-state index in [-0.39, 0.29) is 0 Å². The molecule has 270 valence electrons. The van der Waals surface area contributed by atoms with Crippen LogP contribution < -0.4 is 0 Å². The molecule has 0 atom stereocenters. The summed E-state index contributed by atoms with van der Waals surface area (Å²) >= 11 is 1.85. The molecule has 0 saturated carbocycles. The molecule has 12 aromatic rings. The summed E-state index contributed by atoms with van der Waals surface area (Å²) in [5.74, 6) is 0.626. The van der Waals surface area contributed by atoms with E-state index < -0.39 is 0 Å². The zero-order valence-electron chi connectivity index (χ0n) is 31.1. The van der Waals surface area contributed by atoms with E-state index in [2.05, 4.69) is 152 Å². The molecule has 0 spiro atoms. The monoisotopic (exact) mass is 757 g/mol. The number of para-hydroxylation sites is 2. The minimum atomic E-state index is 0.626. The molecule has 0 bridgehead atoms. The SMILES string of the molecule is c1ccc(-c2cc(-c3ccc(-c4ccc5nc(-c6ccccc6)c6ccc7sc8ccccc8c7c6c5c4)cc3)nc(-c3cccc4c3oc3ccccc34)n2)cc1. The van der Waals surface area contributed by atoms with Gasteiger partial charge in [-0.2, -0.15) is 0 Å². The Morgan fingerprint density at radius 1 is 0.379 bits per heavy atom. The molecule has 12 rings (SSSR count). The second-order valence-electron chi connectivity index (χ2n) is 14.7. The van der Waals surface area contributed by atoms with Crippen molar-refractivity contribution < 1.29 is 4.42 Å². The standard InChI is InChI=1S/C53H31N3OS/c1-3-12-33(13-4-1)44-31-45(56-53(55-44)41-19-11-18-38-37-16-7-9-20-46(37)57-52(38)41)34-24-22-32(23-25-34)36-26-28-43-42(30-36)49-40(51(54-43)35-14-5-2-6-15-35)27-29-48-50(49)39-17-8-10-21-47(39)58-48/h1-31H. The summed E-state index contributed by atoms with van der Waals surface area (Å²) in [6, 6.07) is 66.0. The first-order chi connectivity index (χ1) is 28.7. The fraction of sp³-hybridized carbons (Fsp3) is 0. The second-order valence-corrected chi connectivity index (χ2v) is 15.8. The van der Waals surface area contributed by atoms with Gasteiger partial charge in [-0.15, -0.1) is 11.3 Å². The number of rotatable bonds is 5. The number of thiophene rings is 1. The van der Waals surface area contributed by atoms with Crippen molar-refractivity contribution in [1.29, 1.82) is 0 Å². The van der Waals surface area contributed by atoms with E-state index in [1.165, 1.54) is 25.6 Å². The lowest BCUT2D eigenvalue weighted by atomic mass is 9.94. The van der Waals surface area contributed by atoms with Gasteiger partial charge in [-0.25, -0.2) is 15.0 Å². The van der Waals surface area contributed by atoms with Gasteiger partial charge in [0.2, 0.25) is 0 Å². The maximum atomic E-state index is 6.44. The van der Waals surface area contributed by atoms with E-state index in [0.717, 1.165) is 88.7 Å². The molecular formula is C53H31N3OS. The van der Waals surface area contributed by atoms with Crippen LogP contribution in [0.4, 0.5) is 0 Å². The van der Waals surface area contributed by atoms with Gasteiger partial charge in [0.1, 0.15) is 11.2 Å². The topological polar surface area (TPSA) is 51.8 Å². The molecule has 0 radical (unpaired) electrons. The zero-order valence-corrected chi connectivity index (χ0v) is 31.9. The Hall–Kier alpha value is -7.47. The maximum Gasteiger partial charge on any atom is 0.164 e. The number of hydrogen-bond acceptors (Lipinski definition) is 5. The quantitative estimate of drug-likeness (QED) is 0.164. The highest BCUT2D eigenvalue weighted by molar-refractivity contribution is 7.26. The van der Waals surface area contributed by atoms with Gasteiger partial charge in [0.15, 0.2) is 5.82 Å². The normalized spacial score (nSPS) is 11.8. The summed E-state index contributed by atoms with van der Waals surface area (Å²) in [5.41, 5.74) is 11.6. The van der Waals surface area contributed by atoms with Gasteiger partial charge in [-0.1, -0.05) is 146 Å². The molecule has 0 saturated heterocycles. The van der Waals surface area contributed by atoms with Crippen LogP contribution in [-0.4, -0.2) is 15.0 Å². The van der Waals surface area contributed by atoms with Crippen LogP contribution in [0, 0.1) is 0 Å². The molecule has 4 heterocycles. The highest BCUT2D eigenvalue weighted by atomic mass is 32.1. The van der Waals surface area contributed by atoms with E-state index in [1.807, 2.05) is 47.7 Å². The fourth-order valence-corrected chi connectivity index (χ4v) is 9.65. The van der Waals surface area contributed by atoms with Crippen molar-refractivity contribution >= 4 is 75.1 Å². The molecule has 0 aliphatic rings. The van der Waals surface area contributed by atoms with E-state index in [4.69, 9.17) is 19.4 Å². The van der Waals surface area contributed by atoms with Crippen molar-refractivity contribution in [3.63, 3.8) is 0 Å². The van der Waals surface area contributed by atoms with Crippen LogP contribution in [0.2, 0.25) is 0 Å². The Bertz CT molecular complexity index is 3550. The van der Waals surface area contributed by atoms with Crippen LogP contribution in [-0.2, 0) is 0 Å². The lowest BCUT2D eigenvalue weighted by molar-refractivity contribution is 0.669. The molecule has 0 N–H and O–H groups in total. The number of fused-ring (bicyclic) bond motifs is 10. The van der Waals surface area contributed by atoms with Crippen LogP contribution >= 0.6 is 11.3 Å². The Morgan fingerprint density at radius 2 is 1.03 bits per heavy atom. The van der Waals surface area contributed by atoms with Gasteiger partial charge < -0.3 is 4.42 Å². The van der Waals surface area contributed by atoms with Crippen LogP contribution in [0.15, 0.2) is 192 Å². The molecule has 58 heavy (non-hydrogen) atoms. The molecular weight excluding hydrogens is 727 g/mol. The third-order valence-corrected chi connectivity index (χ3v) is 12.4. The molecule has 8 aromatic carbocycles. The first-order valence-corrected chi connectivity index (χ1v) is 20.2. The summed E-state index contributed by atoms with van der Waals surface area (Å²) in [6.07, 6.45) is 0. The minimum Gasteiger partial charge on any atom is -0.455 e. The van der Waals surface area contributed by atoms with Crippen LogP contribution in [0.25, 0.3) is 120 Å². The minimum absolute atomic E-state index is 0.626. The van der Waals surface area contributed by atoms with Gasteiger partial charge in [0.05, 0.1) is 28.2 Å². The first-order valence-electron chi connectivity index (χ1n) is 19.4. The van der Waals surface area contributed by atoms with Crippen molar-refractivity contribution in [3.05, 3.63) is 188 Å². The zero-order chi connectivity index (χ0) is 38.2. The maximum absolute atomic E-state index is 6.44. The average molecular weight is 758 g/mol. The number of furan rings is 1. The van der Waals surface area contributed by atoms with E-state index in [1.54, 1.807) is 0 Å². The summed E-state index contributed by atoms with van der Waals surface area (Å²) in [7, 11) is 0. The molecule has 0 aliphatic carbocycles. The molecule has 0 fully saturated rings. The van der Waals surface area contributed by atoms with Gasteiger partial charge in [0, 0.05) is 63.8 Å². The van der Waals surface area contributed by atoms with Gasteiger partial charge in [-0.3, -0.25) is 0 Å². The van der Waals surface area contributed by atoms with Crippen LogP contribution in [0.1, 0.15) is 0 Å². The van der Waals surface area contributed by atoms with Gasteiger partial charge >= 0.3 is 0 Å². The largest absolute Gasteiger partial charge is 0.455 e. The number of aromatic nitrogens is 3. The van der Waals surface area contributed by atoms with Crippen LogP contribution in [0.3, 0.4) is 0 Å². The summed E-state index contributed by atoms with van der Waals surface area (Å²) in [5, 5.41) is 8.27. The molecule has 0 aliphatic heterocycles. The predicted octanol–water partition coefficient (Wildman–Crippen LogP) is 14.8. The van der Waals surface area contributed by atoms with Crippen molar-refractivity contribution in [1.82, 2.24) is 15.0 Å². The molecule has 5 heteroatoms. The lowest BCUT2D eigenvalue weighted by Crippen LogP contribution is -1.96. The summed E-state index contributed by atoms with van der Waals surface area (Å²) < 4.78 is 9.01. The number of benzene rings is 8. The molecule has 0 amide bonds. The highest BCUT2D eigenvalue weighted by Gasteiger charge is 2.19. The van der Waals surface area contributed by atoms with E-state index in [0.29, 0.717) is 5.82 Å². The average Bonchev–Trinajstić information content (AvgIpc) is 3.88. The Labute approximate surface area is 337 Å². The first kappa shape index (κ1) is 32.7. The fourth-order valence-electron chi connectivity index (χ4n) is 8.53. The third-order valence-electron chi connectivity index (χ3n) is 11.3. The Morgan fingerprint density at radius 3 is 1.84 bits per heavy atom. The van der Waals surface area contributed by atoms with E-state index in [9.17, 15) is 0 Å².